The number of H-pyrrole nitrogens is 1. The topological polar surface area (TPSA) is 88.9 Å². The largest absolute Gasteiger partial charge is 0.383 e. The first-order valence-electron chi connectivity index (χ1n) is 9.80. The van der Waals surface area contributed by atoms with E-state index in [1.807, 2.05) is 18.2 Å². The summed E-state index contributed by atoms with van der Waals surface area (Å²) in [6.07, 6.45) is 3.44. The number of rotatable bonds is 6. The Balaban J connectivity index is 1.84. The Labute approximate surface area is 163 Å². The average molecular weight is 382 g/mol. The lowest BCUT2D eigenvalue weighted by Crippen LogP contribution is -2.38. The highest BCUT2D eigenvalue weighted by molar-refractivity contribution is 5.79. The summed E-state index contributed by atoms with van der Waals surface area (Å²) in [5.74, 6) is 0.691. The number of hydrogen-bond donors (Lipinski definition) is 1. The van der Waals surface area contributed by atoms with Crippen LogP contribution in [0.2, 0.25) is 0 Å². The summed E-state index contributed by atoms with van der Waals surface area (Å²) in [6, 6.07) is 7.77. The lowest BCUT2D eigenvalue weighted by Gasteiger charge is -2.33. The van der Waals surface area contributed by atoms with Gasteiger partial charge in [0.2, 0.25) is 0 Å². The molecule has 148 valence electrons. The van der Waals surface area contributed by atoms with Crippen molar-refractivity contribution in [2.75, 3.05) is 26.8 Å². The molecule has 8 heteroatoms. The normalized spacial score (nSPS) is 16.5. The number of aryl methyl sites for hydroxylation is 1. The van der Waals surface area contributed by atoms with Gasteiger partial charge in [0.05, 0.1) is 13.2 Å². The molecular formula is C20H26N6O2. The first-order chi connectivity index (χ1) is 13.7. The van der Waals surface area contributed by atoms with Gasteiger partial charge in [-0.1, -0.05) is 18.1 Å². The Morgan fingerprint density at radius 3 is 2.82 bits per heavy atom. The molecular weight excluding hydrogens is 356 g/mol. The van der Waals surface area contributed by atoms with E-state index in [1.165, 1.54) is 6.42 Å². The number of piperidine rings is 1. The SMILES string of the molecule is COCCn1nnnc1C(c1cc2cc(C)ccc2[nH]c1=O)N1CCCCC1. The number of ether oxygens (including phenoxy) is 1. The first kappa shape index (κ1) is 18.8. The van der Waals surface area contributed by atoms with Crippen LogP contribution in [0.5, 0.6) is 0 Å². The van der Waals surface area contributed by atoms with E-state index in [2.05, 4.69) is 38.4 Å². The Hall–Kier alpha value is -2.58. The highest BCUT2D eigenvalue weighted by Gasteiger charge is 2.31. The first-order valence-corrected chi connectivity index (χ1v) is 9.80. The van der Waals surface area contributed by atoms with Gasteiger partial charge in [0, 0.05) is 18.2 Å². The maximum atomic E-state index is 13.0. The molecule has 1 unspecified atom stereocenters. The van der Waals surface area contributed by atoms with Gasteiger partial charge in [-0.2, -0.15) is 0 Å². The smallest absolute Gasteiger partial charge is 0.253 e. The number of aromatic amines is 1. The van der Waals surface area contributed by atoms with Crippen LogP contribution in [0.25, 0.3) is 10.9 Å². The van der Waals surface area contributed by atoms with Crippen molar-refractivity contribution in [2.24, 2.45) is 0 Å². The van der Waals surface area contributed by atoms with Gasteiger partial charge in [-0.05, 0) is 66.9 Å². The molecule has 0 bridgehead atoms. The molecule has 1 aliphatic heterocycles. The zero-order valence-corrected chi connectivity index (χ0v) is 16.4. The molecule has 28 heavy (non-hydrogen) atoms. The molecule has 1 fully saturated rings. The Bertz CT molecular complexity index is 1010. The van der Waals surface area contributed by atoms with Gasteiger partial charge in [0.1, 0.15) is 6.04 Å². The van der Waals surface area contributed by atoms with E-state index in [-0.39, 0.29) is 11.6 Å². The number of methoxy groups -OCH3 is 1. The highest BCUT2D eigenvalue weighted by Crippen LogP contribution is 2.29. The predicted molar refractivity (Wildman–Crippen MR) is 106 cm³/mol. The molecule has 1 N–H and O–H groups in total. The summed E-state index contributed by atoms with van der Waals surface area (Å²) in [6.45, 7) is 4.96. The molecule has 3 aromatic rings. The van der Waals surface area contributed by atoms with Crippen LogP contribution < -0.4 is 5.56 Å². The number of nitrogens with one attached hydrogen (secondary N) is 1. The molecule has 0 radical (unpaired) electrons. The molecule has 1 saturated heterocycles. The third-order valence-corrected chi connectivity index (χ3v) is 5.39. The number of aromatic nitrogens is 5. The van der Waals surface area contributed by atoms with Crippen LogP contribution in [0.3, 0.4) is 0 Å². The van der Waals surface area contributed by atoms with Gasteiger partial charge < -0.3 is 9.72 Å². The maximum absolute atomic E-state index is 13.0. The lowest BCUT2D eigenvalue weighted by molar-refractivity contribution is 0.163. The highest BCUT2D eigenvalue weighted by atomic mass is 16.5. The van der Waals surface area contributed by atoms with Crippen LogP contribution in [0.1, 0.15) is 42.3 Å². The Kier molecular flexibility index (Phi) is 5.50. The summed E-state index contributed by atoms with van der Waals surface area (Å²) in [7, 11) is 1.66. The monoisotopic (exact) mass is 382 g/mol. The summed E-state index contributed by atoms with van der Waals surface area (Å²) in [5, 5.41) is 13.4. The molecule has 1 aliphatic rings. The maximum Gasteiger partial charge on any atom is 0.253 e. The van der Waals surface area contributed by atoms with E-state index in [0.29, 0.717) is 24.5 Å². The Morgan fingerprint density at radius 1 is 1.21 bits per heavy atom. The third kappa shape index (κ3) is 3.70. The van der Waals surface area contributed by atoms with Crippen molar-refractivity contribution >= 4 is 10.9 Å². The van der Waals surface area contributed by atoms with Gasteiger partial charge >= 0.3 is 0 Å². The molecule has 1 aromatic carbocycles. The Morgan fingerprint density at radius 2 is 2.04 bits per heavy atom. The second-order valence-corrected chi connectivity index (χ2v) is 7.40. The summed E-state index contributed by atoms with van der Waals surface area (Å²) in [4.78, 5) is 18.4. The van der Waals surface area contributed by atoms with Crippen molar-refractivity contribution in [3.05, 3.63) is 51.6 Å². The van der Waals surface area contributed by atoms with Crippen molar-refractivity contribution in [2.45, 2.75) is 38.8 Å². The van der Waals surface area contributed by atoms with E-state index < -0.39 is 0 Å². The molecule has 0 aliphatic carbocycles. The van der Waals surface area contributed by atoms with Crippen LogP contribution in [0.4, 0.5) is 0 Å². The van der Waals surface area contributed by atoms with Crippen LogP contribution in [0, 0.1) is 6.92 Å². The minimum atomic E-state index is -0.277. The minimum Gasteiger partial charge on any atom is -0.383 e. The molecule has 0 spiro atoms. The summed E-state index contributed by atoms with van der Waals surface area (Å²) < 4.78 is 6.95. The second kappa shape index (κ2) is 8.20. The van der Waals surface area contributed by atoms with Crippen LogP contribution in [-0.2, 0) is 11.3 Å². The van der Waals surface area contributed by atoms with Crippen molar-refractivity contribution < 1.29 is 4.74 Å². The van der Waals surface area contributed by atoms with Gasteiger partial charge in [-0.15, -0.1) is 5.10 Å². The predicted octanol–water partition coefficient (Wildman–Crippen LogP) is 2.04. The van der Waals surface area contributed by atoms with Crippen molar-refractivity contribution in [3.8, 4) is 0 Å². The zero-order chi connectivity index (χ0) is 19.5. The number of fused-ring (bicyclic) bond motifs is 1. The van der Waals surface area contributed by atoms with Gasteiger partial charge in [-0.3, -0.25) is 9.69 Å². The molecule has 3 heterocycles. The van der Waals surface area contributed by atoms with Crippen LogP contribution in [-0.4, -0.2) is 56.9 Å². The zero-order valence-electron chi connectivity index (χ0n) is 16.4. The fraction of sp³-hybridized carbons (Fsp3) is 0.500. The fourth-order valence-electron chi connectivity index (χ4n) is 3.97. The number of nitrogens with zero attached hydrogens (tertiary/aromatic N) is 5. The number of likely N-dealkylation sites (tertiary alicyclic amines) is 1. The molecule has 0 amide bonds. The van der Waals surface area contributed by atoms with Crippen LogP contribution >= 0.6 is 0 Å². The second-order valence-electron chi connectivity index (χ2n) is 7.40. The standard InChI is InChI=1S/C20H26N6O2/c1-14-6-7-17-15(12-14)13-16(20(27)21-17)18(25-8-4-3-5-9-25)19-22-23-24-26(19)10-11-28-2/h6-7,12-13,18H,3-5,8-11H2,1-2H3,(H,21,27). The minimum absolute atomic E-state index is 0.0896. The number of hydrogen-bond acceptors (Lipinski definition) is 6. The van der Waals surface area contributed by atoms with Crippen molar-refractivity contribution in [1.29, 1.82) is 0 Å². The van der Waals surface area contributed by atoms with E-state index in [0.717, 1.165) is 42.4 Å². The van der Waals surface area contributed by atoms with Crippen molar-refractivity contribution in [1.82, 2.24) is 30.1 Å². The van der Waals surface area contributed by atoms with E-state index in [4.69, 9.17) is 4.74 Å². The fourth-order valence-corrected chi connectivity index (χ4v) is 3.97. The average Bonchev–Trinajstić information content (AvgIpc) is 3.16. The molecule has 4 rings (SSSR count). The molecule has 1 atom stereocenters. The molecule has 2 aromatic heterocycles. The van der Waals surface area contributed by atoms with Crippen molar-refractivity contribution in [3.63, 3.8) is 0 Å². The number of tetrazole rings is 1. The van der Waals surface area contributed by atoms with E-state index >= 15 is 0 Å². The number of pyridine rings is 1. The molecule has 0 saturated carbocycles. The number of benzene rings is 1. The molecule has 8 nitrogen and oxygen atoms in total. The van der Waals surface area contributed by atoms with Gasteiger partial charge in [0.15, 0.2) is 5.82 Å². The third-order valence-electron chi connectivity index (χ3n) is 5.39. The lowest BCUT2D eigenvalue weighted by atomic mass is 10.00. The summed E-state index contributed by atoms with van der Waals surface area (Å²) in [5.41, 5.74) is 2.60. The van der Waals surface area contributed by atoms with Gasteiger partial charge in [0.25, 0.3) is 5.56 Å². The van der Waals surface area contributed by atoms with Crippen LogP contribution in [0.15, 0.2) is 29.1 Å². The summed E-state index contributed by atoms with van der Waals surface area (Å²) >= 11 is 0. The van der Waals surface area contributed by atoms with E-state index in [1.54, 1.807) is 11.8 Å². The quantitative estimate of drug-likeness (QED) is 0.702. The van der Waals surface area contributed by atoms with Gasteiger partial charge in [-0.25, -0.2) is 4.68 Å². The van der Waals surface area contributed by atoms with E-state index in [9.17, 15) is 4.79 Å².